The van der Waals surface area contributed by atoms with Gasteiger partial charge in [0.1, 0.15) is 5.75 Å². The molecule has 0 bridgehead atoms. The molecule has 0 unspecified atom stereocenters. The number of hydrogen-bond acceptors (Lipinski definition) is 7. The van der Waals surface area contributed by atoms with Gasteiger partial charge in [-0.1, -0.05) is 36.4 Å². The number of rotatable bonds is 11. The van der Waals surface area contributed by atoms with Gasteiger partial charge in [0, 0.05) is 29.9 Å². The number of carbonyl (C=O) groups is 2. The number of ether oxygens (including phenoxy) is 2. The Morgan fingerprint density at radius 3 is 2.36 bits per heavy atom. The topological polar surface area (TPSA) is 120 Å². The molecule has 0 radical (unpaired) electrons. The molecule has 1 aliphatic rings. The highest BCUT2D eigenvalue weighted by atomic mass is 16.7. The van der Waals surface area contributed by atoms with Crippen LogP contribution >= 0.6 is 0 Å². The number of nitrogens with one attached hydrogen (secondary N) is 1. The molecule has 3 aromatic carbocycles. The summed E-state index contributed by atoms with van der Waals surface area (Å²) in [5.41, 5.74) is 5.27. The van der Waals surface area contributed by atoms with E-state index in [9.17, 15) is 19.7 Å². The largest absolute Gasteiger partial charge is 0.455 e. The van der Waals surface area contributed by atoms with Gasteiger partial charge in [-0.15, -0.1) is 0 Å². The second-order valence-corrected chi connectivity index (χ2v) is 8.79. The average molecular weight is 532 g/mol. The summed E-state index contributed by atoms with van der Waals surface area (Å²) in [5, 5.41) is 10.8. The summed E-state index contributed by atoms with van der Waals surface area (Å²) >= 11 is 0. The Morgan fingerprint density at radius 1 is 1.00 bits per heavy atom. The number of nitro groups is 1. The number of carbonyl (C=O) groups excluding carboxylic acids is 2. The van der Waals surface area contributed by atoms with E-state index in [0.29, 0.717) is 23.4 Å². The van der Waals surface area contributed by atoms with Crippen molar-refractivity contribution in [2.75, 3.05) is 6.54 Å². The normalized spacial score (nSPS) is 14.7. The summed E-state index contributed by atoms with van der Waals surface area (Å²) in [4.78, 5) is 43.2. The molecule has 1 atom stereocenters. The van der Waals surface area contributed by atoms with Gasteiger partial charge >= 0.3 is 5.91 Å². The molecule has 4 rings (SSSR count). The van der Waals surface area contributed by atoms with Crippen LogP contribution < -0.4 is 10.2 Å². The molecule has 0 saturated carbocycles. The lowest BCUT2D eigenvalue weighted by Crippen LogP contribution is -2.40. The van der Waals surface area contributed by atoms with Crippen molar-refractivity contribution < 1.29 is 28.8 Å². The highest BCUT2D eigenvalue weighted by Crippen LogP contribution is 2.24. The number of nitrogens with zero attached hydrogens (tertiary/aromatic N) is 2. The van der Waals surface area contributed by atoms with Gasteiger partial charge in [-0.05, 0) is 67.3 Å². The van der Waals surface area contributed by atoms with Crippen LogP contribution in [-0.4, -0.2) is 34.5 Å². The van der Waals surface area contributed by atoms with Gasteiger partial charge in [-0.2, -0.15) is 0 Å². The van der Waals surface area contributed by atoms with Gasteiger partial charge in [-0.25, -0.2) is 5.48 Å². The number of nitro benzene ring substituents is 1. The first-order valence-corrected chi connectivity index (χ1v) is 12.5. The Balaban J connectivity index is 1.39. The zero-order valence-corrected chi connectivity index (χ0v) is 21.4. The van der Waals surface area contributed by atoms with Crippen LogP contribution in [0.25, 0.3) is 0 Å². The highest BCUT2D eigenvalue weighted by Gasteiger charge is 2.25. The molecule has 3 aromatic rings. The number of hydrogen-bond donors (Lipinski definition) is 1. The van der Waals surface area contributed by atoms with E-state index in [2.05, 4.69) is 5.48 Å². The van der Waals surface area contributed by atoms with Crippen molar-refractivity contribution in [3.05, 3.63) is 117 Å². The third-order valence-corrected chi connectivity index (χ3v) is 6.10. The van der Waals surface area contributed by atoms with Crippen LogP contribution in [0, 0.1) is 10.1 Å². The maximum atomic E-state index is 12.9. The minimum Gasteiger partial charge on any atom is -0.455 e. The van der Waals surface area contributed by atoms with E-state index < -0.39 is 17.1 Å². The fraction of sp³-hybridized carbons (Fsp3) is 0.241. The summed E-state index contributed by atoms with van der Waals surface area (Å²) in [6, 6.07) is 21.6. The summed E-state index contributed by atoms with van der Waals surface area (Å²) < 4.78 is 11.6. The minimum atomic E-state index is -1.35. The summed E-state index contributed by atoms with van der Waals surface area (Å²) in [5.74, 6) is -0.424. The molecule has 1 heterocycles. The van der Waals surface area contributed by atoms with Crippen LogP contribution in [0.5, 0.6) is 5.75 Å². The summed E-state index contributed by atoms with van der Waals surface area (Å²) in [6.45, 7) is 2.70. The molecule has 10 nitrogen and oxygen atoms in total. The standard InChI is InChI=1S/C29H29N3O7/c1-2-24-9-6-18-31(24)28(34)23-12-16-26(17-13-23)39-29(37-19-21-7-4-3-5-8-21)27(33)30-38-20-22-10-14-25(15-11-22)32(35)36/h2-5,7-8,10-17,29H,6,9,18-20H2,1H3,(H,30,33)/b24-2+/t29-/m0/s1. The van der Waals surface area contributed by atoms with E-state index in [1.165, 1.54) is 24.3 Å². The molecule has 10 heteroatoms. The third kappa shape index (κ3) is 7.50. The lowest BCUT2D eigenvalue weighted by atomic mass is 10.2. The molecule has 202 valence electrons. The highest BCUT2D eigenvalue weighted by molar-refractivity contribution is 5.95. The average Bonchev–Trinajstić information content (AvgIpc) is 3.45. The monoisotopic (exact) mass is 531 g/mol. The van der Waals surface area contributed by atoms with E-state index >= 15 is 0 Å². The van der Waals surface area contributed by atoms with Gasteiger partial charge in [0.15, 0.2) is 0 Å². The van der Waals surface area contributed by atoms with Crippen molar-refractivity contribution in [3.63, 3.8) is 0 Å². The van der Waals surface area contributed by atoms with Crippen molar-refractivity contribution >= 4 is 17.5 Å². The summed E-state index contributed by atoms with van der Waals surface area (Å²) in [7, 11) is 0. The molecule has 1 N–H and O–H groups in total. The number of non-ortho nitro benzene ring substituents is 1. The van der Waals surface area contributed by atoms with Crippen molar-refractivity contribution in [2.24, 2.45) is 0 Å². The van der Waals surface area contributed by atoms with Gasteiger partial charge < -0.3 is 14.4 Å². The number of hydroxylamine groups is 1. The van der Waals surface area contributed by atoms with Crippen molar-refractivity contribution in [2.45, 2.75) is 39.3 Å². The molecule has 1 fully saturated rings. The number of benzene rings is 3. The smallest absolute Gasteiger partial charge is 0.313 e. The van der Waals surface area contributed by atoms with E-state index in [0.717, 1.165) is 24.1 Å². The first-order valence-electron chi connectivity index (χ1n) is 12.5. The van der Waals surface area contributed by atoms with Crippen LogP contribution in [0.3, 0.4) is 0 Å². The van der Waals surface area contributed by atoms with E-state index in [-0.39, 0.29) is 24.8 Å². The molecular formula is C29H29N3O7. The van der Waals surface area contributed by atoms with Crippen LogP contribution in [-0.2, 0) is 27.6 Å². The molecule has 2 amide bonds. The van der Waals surface area contributed by atoms with Gasteiger partial charge in [0.05, 0.1) is 18.1 Å². The zero-order chi connectivity index (χ0) is 27.6. The molecule has 1 aliphatic heterocycles. The SMILES string of the molecule is C/C=C1\CCCN1C(=O)c1ccc(O[C@H](OCc2ccccc2)C(=O)NOCc2ccc([N+](=O)[O-])cc2)cc1. The zero-order valence-electron chi connectivity index (χ0n) is 21.4. The quantitative estimate of drug-likeness (QED) is 0.212. The molecule has 0 spiro atoms. The van der Waals surface area contributed by atoms with Crippen LogP contribution in [0.2, 0.25) is 0 Å². The second kappa shape index (κ2) is 13.3. The minimum absolute atomic E-state index is 0.0172. The van der Waals surface area contributed by atoms with Crippen LogP contribution in [0.15, 0.2) is 90.6 Å². The van der Waals surface area contributed by atoms with Gasteiger partial charge in [0.25, 0.3) is 17.9 Å². The molecule has 0 aliphatic carbocycles. The Hall–Kier alpha value is -4.54. The lowest BCUT2D eigenvalue weighted by molar-refractivity contribution is -0.384. The van der Waals surface area contributed by atoms with Gasteiger partial charge in [-0.3, -0.25) is 24.5 Å². The summed E-state index contributed by atoms with van der Waals surface area (Å²) in [6.07, 6.45) is 2.43. The van der Waals surface area contributed by atoms with E-state index in [4.69, 9.17) is 14.3 Å². The number of amides is 2. The fourth-order valence-corrected chi connectivity index (χ4v) is 4.05. The fourth-order valence-electron chi connectivity index (χ4n) is 4.05. The molecule has 0 aromatic heterocycles. The first kappa shape index (κ1) is 27.5. The first-order chi connectivity index (χ1) is 18.9. The van der Waals surface area contributed by atoms with Crippen molar-refractivity contribution in [1.29, 1.82) is 0 Å². The predicted molar refractivity (Wildman–Crippen MR) is 142 cm³/mol. The van der Waals surface area contributed by atoms with E-state index in [1.807, 2.05) is 43.3 Å². The van der Waals surface area contributed by atoms with Crippen molar-refractivity contribution in [3.8, 4) is 5.75 Å². The Kier molecular flexibility index (Phi) is 9.39. The number of allylic oxidation sites excluding steroid dienone is 2. The second-order valence-electron chi connectivity index (χ2n) is 8.79. The van der Waals surface area contributed by atoms with Crippen LogP contribution in [0.1, 0.15) is 41.3 Å². The molecular weight excluding hydrogens is 502 g/mol. The number of likely N-dealkylation sites (tertiary alicyclic amines) is 1. The molecule has 1 saturated heterocycles. The van der Waals surface area contributed by atoms with E-state index in [1.54, 1.807) is 29.2 Å². The van der Waals surface area contributed by atoms with Gasteiger partial charge in [0.2, 0.25) is 0 Å². The molecule has 39 heavy (non-hydrogen) atoms. The predicted octanol–water partition coefficient (Wildman–Crippen LogP) is 4.90. The van der Waals surface area contributed by atoms with Crippen molar-refractivity contribution in [1.82, 2.24) is 10.4 Å². The Bertz CT molecular complexity index is 1310. The maximum Gasteiger partial charge on any atom is 0.313 e. The third-order valence-electron chi connectivity index (χ3n) is 6.10. The Labute approximate surface area is 225 Å². The lowest BCUT2D eigenvalue weighted by Gasteiger charge is -2.20. The maximum absolute atomic E-state index is 12.9. The Morgan fingerprint density at radius 2 is 1.69 bits per heavy atom. The van der Waals surface area contributed by atoms with Crippen LogP contribution in [0.4, 0.5) is 5.69 Å².